The van der Waals surface area contributed by atoms with Crippen molar-refractivity contribution in [1.82, 2.24) is 4.98 Å². The van der Waals surface area contributed by atoms with Crippen molar-refractivity contribution < 1.29 is 27.4 Å². The van der Waals surface area contributed by atoms with Crippen molar-refractivity contribution in [1.29, 1.82) is 0 Å². The normalized spacial score (nSPS) is 16.0. The van der Waals surface area contributed by atoms with Gasteiger partial charge in [-0.15, -0.1) is 0 Å². The molecule has 1 aliphatic heterocycles. The number of aryl methyl sites for hydroxylation is 1. The monoisotopic (exact) mass is 447 g/mol. The summed E-state index contributed by atoms with van der Waals surface area (Å²) in [5, 5.41) is 12.6. The number of rotatable bonds is 6. The predicted octanol–water partition coefficient (Wildman–Crippen LogP) is 5.90. The van der Waals surface area contributed by atoms with Crippen molar-refractivity contribution in [3.8, 4) is 5.75 Å². The molecule has 0 spiro atoms. The highest BCUT2D eigenvalue weighted by Crippen LogP contribution is 2.47. The Morgan fingerprint density at radius 1 is 1.12 bits per heavy atom. The molecule has 1 unspecified atom stereocenters. The van der Waals surface area contributed by atoms with Crippen molar-refractivity contribution in [2.24, 2.45) is 0 Å². The van der Waals surface area contributed by atoms with Crippen LogP contribution in [0.5, 0.6) is 5.75 Å². The average Bonchev–Trinajstić information content (AvgIpc) is 3.18. The molecule has 3 nitrogen and oxygen atoms in total. The summed E-state index contributed by atoms with van der Waals surface area (Å²) in [5.41, 5.74) is -2.43. The zero-order valence-corrected chi connectivity index (χ0v) is 18.0. The first-order valence-electron chi connectivity index (χ1n) is 10.6. The second-order valence-corrected chi connectivity index (χ2v) is 9.14. The highest BCUT2D eigenvalue weighted by molar-refractivity contribution is 5.84. The van der Waals surface area contributed by atoms with E-state index in [0.29, 0.717) is 35.5 Å². The molecular formula is C25H25F4NO2. The van der Waals surface area contributed by atoms with Crippen LogP contribution in [0.1, 0.15) is 43.4 Å². The Labute approximate surface area is 184 Å². The van der Waals surface area contributed by atoms with Crippen LogP contribution in [0.3, 0.4) is 0 Å². The zero-order valence-electron chi connectivity index (χ0n) is 18.0. The van der Waals surface area contributed by atoms with Crippen molar-refractivity contribution >= 4 is 10.8 Å². The van der Waals surface area contributed by atoms with Gasteiger partial charge in [0.1, 0.15) is 11.6 Å². The molecule has 1 atom stereocenters. The summed E-state index contributed by atoms with van der Waals surface area (Å²) in [7, 11) is 0. The third-order valence-corrected chi connectivity index (χ3v) is 6.32. The molecule has 3 aromatic rings. The lowest BCUT2D eigenvalue weighted by Gasteiger charge is -2.38. The molecule has 0 saturated heterocycles. The SMILES string of the molecule is CC(C)(CC(O)(CCc1cccc2cnccc12)C(F)(F)F)c1cc(F)cc2c1OCC2. The predicted molar refractivity (Wildman–Crippen MR) is 114 cm³/mol. The average molecular weight is 447 g/mol. The lowest BCUT2D eigenvalue weighted by Crippen LogP contribution is -2.49. The molecule has 32 heavy (non-hydrogen) atoms. The van der Waals surface area contributed by atoms with E-state index in [1.807, 2.05) is 6.07 Å². The topological polar surface area (TPSA) is 42.4 Å². The molecule has 4 rings (SSSR count). The quantitative estimate of drug-likeness (QED) is 0.478. The Bertz CT molecular complexity index is 1140. The molecule has 0 fully saturated rings. The van der Waals surface area contributed by atoms with Crippen LogP contribution in [0.4, 0.5) is 17.6 Å². The first-order chi connectivity index (χ1) is 15.0. The number of alkyl halides is 3. The number of aliphatic hydroxyl groups is 1. The summed E-state index contributed by atoms with van der Waals surface area (Å²) < 4.78 is 62.3. The maximum absolute atomic E-state index is 14.2. The van der Waals surface area contributed by atoms with Crippen molar-refractivity contribution in [3.63, 3.8) is 0 Å². The maximum Gasteiger partial charge on any atom is 0.417 e. The molecule has 0 amide bonds. The molecule has 0 saturated carbocycles. The third-order valence-electron chi connectivity index (χ3n) is 6.32. The Kier molecular flexibility index (Phi) is 5.65. The summed E-state index contributed by atoms with van der Waals surface area (Å²) in [6.45, 7) is 3.54. The number of hydrogen-bond donors (Lipinski definition) is 1. The summed E-state index contributed by atoms with van der Waals surface area (Å²) in [4.78, 5) is 4.05. The smallest absolute Gasteiger partial charge is 0.417 e. The molecule has 1 N–H and O–H groups in total. The van der Waals surface area contributed by atoms with Gasteiger partial charge in [-0.2, -0.15) is 13.2 Å². The van der Waals surface area contributed by atoms with E-state index in [9.17, 15) is 22.7 Å². The molecule has 0 radical (unpaired) electrons. The van der Waals surface area contributed by atoms with Crippen LogP contribution >= 0.6 is 0 Å². The lowest BCUT2D eigenvalue weighted by molar-refractivity contribution is -0.269. The number of ether oxygens (including phenoxy) is 1. The van der Waals surface area contributed by atoms with Crippen molar-refractivity contribution in [2.45, 2.75) is 56.7 Å². The van der Waals surface area contributed by atoms with Gasteiger partial charge < -0.3 is 9.84 Å². The van der Waals surface area contributed by atoms with Crippen LogP contribution in [-0.2, 0) is 18.3 Å². The Morgan fingerprint density at radius 3 is 2.66 bits per heavy atom. The maximum atomic E-state index is 14.2. The van der Waals surface area contributed by atoms with E-state index in [1.165, 1.54) is 12.1 Å². The fourth-order valence-corrected chi connectivity index (χ4v) is 4.68. The van der Waals surface area contributed by atoms with Crippen LogP contribution in [0, 0.1) is 5.82 Å². The van der Waals surface area contributed by atoms with Crippen molar-refractivity contribution in [2.75, 3.05) is 6.61 Å². The highest BCUT2D eigenvalue weighted by atomic mass is 19.4. The molecule has 0 bridgehead atoms. The number of benzene rings is 2. The van der Waals surface area contributed by atoms with E-state index in [0.717, 1.165) is 10.8 Å². The number of nitrogens with zero attached hydrogens (tertiary/aromatic N) is 1. The van der Waals surface area contributed by atoms with Gasteiger partial charge in [0.25, 0.3) is 0 Å². The first-order valence-corrected chi connectivity index (χ1v) is 10.6. The van der Waals surface area contributed by atoms with Gasteiger partial charge in [0.2, 0.25) is 0 Å². The van der Waals surface area contributed by atoms with E-state index in [-0.39, 0.29) is 6.42 Å². The van der Waals surface area contributed by atoms with Gasteiger partial charge in [-0.05, 0) is 53.8 Å². The fraction of sp³-hybridized carbons (Fsp3) is 0.400. The number of pyridine rings is 1. The summed E-state index contributed by atoms with van der Waals surface area (Å²) in [5.74, 6) is -0.0836. The lowest BCUT2D eigenvalue weighted by atomic mass is 9.72. The van der Waals surface area contributed by atoms with E-state index in [4.69, 9.17) is 4.74 Å². The van der Waals surface area contributed by atoms with Crippen LogP contribution in [0.25, 0.3) is 10.8 Å². The van der Waals surface area contributed by atoms with Gasteiger partial charge in [0, 0.05) is 35.3 Å². The number of halogens is 4. The standard InChI is InChI=1S/C25H25F4NO2/c1-23(2,21-13-19(26)12-17-8-11-32-22(17)21)15-24(31,25(27,28)29)9-6-16-4-3-5-18-14-30-10-7-20(16)18/h3-5,7,10,12-14,31H,6,8-9,11,15H2,1-2H3. The second kappa shape index (κ2) is 8.03. The molecule has 1 aromatic heterocycles. The molecule has 170 valence electrons. The van der Waals surface area contributed by atoms with Gasteiger partial charge in [-0.1, -0.05) is 32.0 Å². The van der Waals surface area contributed by atoms with Crippen molar-refractivity contribution in [3.05, 3.63) is 71.3 Å². The second-order valence-electron chi connectivity index (χ2n) is 9.14. The zero-order chi connectivity index (χ0) is 23.1. The Balaban J connectivity index is 1.65. The molecule has 2 heterocycles. The molecule has 7 heteroatoms. The summed E-state index contributed by atoms with van der Waals surface area (Å²) >= 11 is 0. The van der Waals surface area contributed by atoms with Crippen LogP contribution in [0.2, 0.25) is 0 Å². The van der Waals surface area contributed by atoms with E-state index in [1.54, 1.807) is 44.4 Å². The largest absolute Gasteiger partial charge is 0.493 e. The highest BCUT2D eigenvalue weighted by Gasteiger charge is 2.55. The fourth-order valence-electron chi connectivity index (χ4n) is 4.68. The van der Waals surface area contributed by atoms with Gasteiger partial charge in [-0.25, -0.2) is 4.39 Å². The first kappa shape index (κ1) is 22.5. The molecule has 2 aromatic carbocycles. The van der Waals surface area contributed by atoms with Crippen LogP contribution in [0.15, 0.2) is 48.8 Å². The number of aromatic nitrogens is 1. The third kappa shape index (κ3) is 4.18. The van der Waals surface area contributed by atoms with E-state index in [2.05, 4.69) is 4.98 Å². The summed E-state index contributed by atoms with van der Waals surface area (Å²) in [6, 6.07) is 9.71. The number of fused-ring (bicyclic) bond motifs is 2. The Morgan fingerprint density at radius 2 is 1.91 bits per heavy atom. The minimum Gasteiger partial charge on any atom is -0.493 e. The van der Waals surface area contributed by atoms with Gasteiger partial charge >= 0.3 is 6.18 Å². The molecule has 0 aliphatic carbocycles. The molecular weight excluding hydrogens is 422 g/mol. The van der Waals surface area contributed by atoms with Gasteiger partial charge in [-0.3, -0.25) is 4.98 Å². The van der Waals surface area contributed by atoms with E-state index >= 15 is 0 Å². The summed E-state index contributed by atoms with van der Waals surface area (Å²) in [6.07, 6.45) is -2.19. The number of hydrogen-bond acceptors (Lipinski definition) is 3. The van der Waals surface area contributed by atoms with Crippen LogP contribution < -0.4 is 4.74 Å². The van der Waals surface area contributed by atoms with Gasteiger partial charge in [0.15, 0.2) is 5.60 Å². The minimum absolute atomic E-state index is 0.0329. The minimum atomic E-state index is -4.85. The Hall–Kier alpha value is -2.67. The molecule has 1 aliphatic rings. The van der Waals surface area contributed by atoms with Gasteiger partial charge in [0.05, 0.1) is 6.61 Å². The van der Waals surface area contributed by atoms with E-state index < -0.39 is 35.9 Å². The van der Waals surface area contributed by atoms with Crippen LogP contribution in [-0.4, -0.2) is 28.5 Å².